The molecule has 2 atom stereocenters. The van der Waals surface area contributed by atoms with E-state index in [0.29, 0.717) is 55.6 Å². The molecule has 1 aromatic heterocycles. The third-order valence-corrected chi connectivity index (χ3v) is 6.89. The van der Waals surface area contributed by atoms with E-state index in [9.17, 15) is 9.59 Å². The van der Waals surface area contributed by atoms with E-state index in [-0.39, 0.29) is 11.8 Å². The van der Waals surface area contributed by atoms with Crippen LogP contribution in [0, 0.1) is 6.92 Å². The molecule has 0 saturated carbocycles. The fourth-order valence-corrected chi connectivity index (χ4v) is 5.12. The van der Waals surface area contributed by atoms with Crippen molar-refractivity contribution in [3.8, 4) is 5.75 Å². The van der Waals surface area contributed by atoms with Gasteiger partial charge >= 0.3 is 0 Å². The number of rotatable bonds is 8. The second kappa shape index (κ2) is 11.1. The SMILES string of the molecule is CCOc1ccc([C@@H]2[C@@H](C(=O)Nc3cc(C)on3)c3ccccc3C(=O)N2CCN2CCOCC2)cc1. The normalized spacial score (nSPS) is 19.9. The van der Waals surface area contributed by atoms with Crippen LogP contribution in [0.15, 0.2) is 59.1 Å². The molecule has 2 amide bonds. The number of hydrogen-bond donors (Lipinski definition) is 1. The number of nitrogens with one attached hydrogen (secondary N) is 1. The summed E-state index contributed by atoms with van der Waals surface area (Å²) in [6.45, 7) is 8.45. The number of ether oxygens (including phenoxy) is 2. The topological polar surface area (TPSA) is 97.1 Å². The minimum absolute atomic E-state index is 0.0796. The lowest BCUT2D eigenvalue weighted by Crippen LogP contribution is -2.49. The minimum atomic E-state index is -0.645. The van der Waals surface area contributed by atoms with Gasteiger partial charge in [0.15, 0.2) is 5.82 Å². The molecule has 2 aliphatic heterocycles. The summed E-state index contributed by atoms with van der Waals surface area (Å²) < 4.78 is 16.3. The van der Waals surface area contributed by atoms with Crippen molar-refractivity contribution in [3.63, 3.8) is 0 Å². The largest absolute Gasteiger partial charge is 0.494 e. The van der Waals surface area contributed by atoms with Crippen molar-refractivity contribution in [1.29, 1.82) is 0 Å². The first-order chi connectivity index (χ1) is 18.0. The molecule has 5 rings (SSSR count). The van der Waals surface area contributed by atoms with E-state index in [1.807, 2.05) is 54.3 Å². The Morgan fingerprint density at radius 1 is 1.11 bits per heavy atom. The van der Waals surface area contributed by atoms with Crippen molar-refractivity contribution in [2.45, 2.75) is 25.8 Å². The van der Waals surface area contributed by atoms with Crippen LogP contribution in [0.3, 0.4) is 0 Å². The molecule has 9 heteroatoms. The van der Waals surface area contributed by atoms with E-state index in [1.54, 1.807) is 19.1 Å². The van der Waals surface area contributed by atoms with Gasteiger partial charge in [-0.15, -0.1) is 0 Å². The smallest absolute Gasteiger partial charge is 0.254 e. The van der Waals surface area contributed by atoms with Gasteiger partial charge in [0.05, 0.1) is 31.8 Å². The van der Waals surface area contributed by atoms with Gasteiger partial charge in [0.25, 0.3) is 5.91 Å². The van der Waals surface area contributed by atoms with Crippen LogP contribution < -0.4 is 10.1 Å². The fraction of sp³-hybridized carbons (Fsp3) is 0.393. The maximum absolute atomic E-state index is 13.9. The Bertz CT molecular complexity index is 1240. The molecule has 9 nitrogen and oxygen atoms in total. The number of anilines is 1. The van der Waals surface area contributed by atoms with Gasteiger partial charge < -0.3 is 24.2 Å². The summed E-state index contributed by atoms with van der Waals surface area (Å²) in [7, 11) is 0. The third-order valence-electron chi connectivity index (χ3n) is 6.89. The minimum Gasteiger partial charge on any atom is -0.494 e. The quantitative estimate of drug-likeness (QED) is 0.500. The Kier molecular flexibility index (Phi) is 7.52. The van der Waals surface area contributed by atoms with Crippen LogP contribution >= 0.6 is 0 Å². The number of carbonyl (C=O) groups excluding carboxylic acids is 2. The van der Waals surface area contributed by atoms with E-state index >= 15 is 0 Å². The van der Waals surface area contributed by atoms with Crippen LogP contribution in [0.5, 0.6) is 5.75 Å². The monoisotopic (exact) mass is 504 g/mol. The highest BCUT2D eigenvalue weighted by Crippen LogP contribution is 2.43. The van der Waals surface area contributed by atoms with Gasteiger partial charge in [0.2, 0.25) is 5.91 Å². The van der Waals surface area contributed by atoms with Crippen LogP contribution in [-0.2, 0) is 9.53 Å². The number of aryl methyl sites for hydroxylation is 1. The second-order valence-electron chi connectivity index (χ2n) is 9.28. The Labute approximate surface area is 216 Å². The van der Waals surface area contributed by atoms with E-state index in [4.69, 9.17) is 14.0 Å². The summed E-state index contributed by atoms with van der Waals surface area (Å²) in [5, 5.41) is 6.86. The lowest BCUT2D eigenvalue weighted by atomic mass is 9.79. The second-order valence-corrected chi connectivity index (χ2v) is 9.28. The van der Waals surface area contributed by atoms with Gasteiger partial charge in [0, 0.05) is 37.8 Å². The predicted molar refractivity (Wildman–Crippen MR) is 138 cm³/mol. The Morgan fingerprint density at radius 3 is 2.57 bits per heavy atom. The molecule has 1 saturated heterocycles. The van der Waals surface area contributed by atoms with Gasteiger partial charge in [-0.1, -0.05) is 35.5 Å². The molecule has 0 spiro atoms. The molecule has 2 aliphatic rings. The highest BCUT2D eigenvalue weighted by Gasteiger charge is 2.44. The molecule has 1 N–H and O–H groups in total. The lowest BCUT2D eigenvalue weighted by Gasteiger charge is -2.42. The predicted octanol–water partition coefficient (Wildman–Crippen LogP) is 3.63. The first-order valence-electron chi connectivity index (χ1n) is 12.7. The maximum Gasteiger partial charge on any atom is 0.254 e. The Hall–Kier alpha value is -3.69. The van der Waals surface area contributed by atoms with Gasteiger partial charge in [0.1, 0.15) is 11.5 Å². The van der Waals surface area contributed by atoms with Gasteiger partial charge in [-0.25, -0.2) is 0 Å². The molecule has 37 heavy (non-hydrogen) atoms. The molecule has 194 valence electrons. The maximum atomic E-state index is 13.9. The molecular weight excluding hydrogens is 472 g/mol. The van der Waals surface area contributed by atoms with E-state index < -0.39 is 12.0 Å². The number of hydrogen-bond acceptors (Lipinski definition) is 7. The van der Waals surface area contributed by atoms with Crippen molar-refractivity contribution in [2.75, 3.05) is 51.3 Å². The average molecular weight is 505 g/mol. The summed E-state index contributed by atoms with van der Waals surface area (Å²) in [4.78, 5) is 31.9. The van der Waals surface area contributed by atoms with Crippen LogP contribution in [0.2, 0.25) is 0 Å². The summed E-state index contributed by atoms with van der Waals surface area (Å²) >= 11 is 0. The first kappa shape index (κ1) is 25.0. The standard InChI is InChI=1S/C28H32N4O5/c1-3-36-21-10-8-20(9-11-21)26-25(27(33)29-24-18-19(2)37-30-24)22-6-4-5-7-23(22)28(34)32(26)13-12-31-14-16-35-17-15-31/h4-11,18,25-26H,3,12-17H2,1-2H3,(H,29,30,33)/t25-,26+/m0/s1. The third kappa shape index (κ3) is 5.38. The molecule has 0 unspecified atom stereocenters. The van der Waals surface area contributed by atoms with Crippen LogP contribution in [0.1, 0.15) is 46.1 Å². The Morgan fingerprint density at radius 2 is 1.86 bits per heavy atom. The van der Waals surface area contributed by atoms with E-state index in [2.05, 4.69) is 15.4 Å². The van der Waals surface area contributed by atoms with Crippen molar-refractivity contribution in [2.24, 2.45) is 0 Å². The molecule has 3 aromatic rings. The van der Waals surface area contributed by atoms with Crippen LogP contribution in [-0.4, -0.2) is 72.8 Å². The molecule has 0 aliphatic carbocycles. The van der Waals surface area contributed by atoms with Gasteiger partial charge in [-0.05, 0) is 43.2 Å². The number of morpholine rings is 1. The fourth-order valence-electron chi connectivity index (χ4n) is 5.12. The summed E-state index contributed by atoms with van der Waals surface area (Å²) in [6.07, 6.45) is 0. The van der Waals surface area contributed by atoms with E-state index in [1.165, 1.54) is 0 Å². The van der Waals surface area contributed by atoms with Crippen LogP contribution in [0.4, 0.5) is 5.82 Å². The molecule has 2 aromatic carbocycles. The summed E-state index contributed by atoms with van der Waals surface area (Å²) in [5.74, 6) is 0.723. The zero-order valence-corrected chi connectivity index (χ0v) is 21.2. The van der Waals surface area contributed by atoms with Crippen molar-refractivity contribution in [1.82, 2.24) is 15.0 Å². The van der Waals surface area contributed by atoms with E-state index in [0.717, 1.165) is 24.4 Å². The first-order valence-corrected chi connectivity index (χ1v) is 12.7. The number of benzene rings is 2. The number of carbonyl (C=O) groups is 2. The number of amides is 2. The molecular formula is C28H32N4O5. The molecule has 1 fully saturated rings. The van der Waals surface area contributed by atoms with Crippen molar-refractivity contribution < 1.29 is 23.6 Å². The van der Waals surface area contributed by atoms with Gasteiger partial charge in [-0.3, -0.25) is 14.5 Å². The average Bonchev–Trinajstić information content (AvgIpc) is 3.33. The summed E-state index contributed by atoms with van der Waals surface area (Å²) in [5.41, 5.74) is 2.11. The summed E-state index contributed by atoms with van der Waals surface area (Å²) in [6, 6.07) is 16.2. The Balaban J connectivity index is 1.54. The highest BCUT2D eigenvalue weighted by atomic mass is 16.5. The molecule has 0 bridgehead atoms. The zero-order valence-electron chi connectivity index (χ0n) is 21.2. The highest BCUT2D eigenvalue weighted by molar-refractivity contribution is 6.04. The zero-order chi connectivity index (χ0) is 25.8. The number of fused-ring (bicyclic) bond motifs is 1. The van der Waals surface area contributed by atoms with Crippen LogP contribution in [0.25, 0.3) is 0 Å². The van der Waals surface area contributed by atoms with Crippen molar-refractivity contribution >= 4 is 17.6 Å². The van der Waals surface area contributed by atoms with Crippen molar-refractivity contribution in [3.05, 3.63) is 77.0 Å². The lowest BCUT2D eigenvalue weighted by molar-refractivity contribution is -0.119. The number of nitrogens with zero attached hydrogens (tertiary/aromatic N) is 3. The molecule has 0 radical (unpaired) electrons. The molecule has 3 heterocycles. The number of aromatic nitrogens is 1. The van der Waals surface area contributed by atoms with Gasteiger partial charge in [-0.2, -0.15) is 0 Å².